The second kappa shape index (κ2) is 3.04. The topological polar surface area (TPSA) is 12.0 Å². The van der Waals surface area contributed by atoms with E-state index in [1.807, 2.05) is 42.5 Å². The van der Waals surface area contributed by atoms with Gasteiger partial charge in [0.2, 0.25) is 0 Å². The molecule has 1 nitrogen and oxygen atoms in total. The van der Waals surface area contributed by atoms with Crippen LogP contribution in [0.2, 0.25) is 0 Å². The van der Waals surface area contributed by atoms with Gasteiger partial charge in [0.15, 0.2) is 5.67 Å². The molecule has 0 amide bonds. The van der Waals surface area contributed by atoms with Crippen LogP contribution in [-0.2, 0) is 5.67 Å². The van der Waals surface area contributed by atoms with Crippen molar-refractivity contribution in [3.8, 4) is 0 Å². The van der Waals surface area contributed by atoms with Crippen LogP contribution in [0.4, 0.5) is 4.39 Å². The van der Waals surface area contributed by atoms with E-state index in [1.165, 1.54) is 0 Å². The molecule has 0 unspecified atom stereocenters. The molecular formula is C13H12FN. The molecule has 1 aliphatic heterocycles. The van der Waals surface area contributed by atoms with E-state index in [0.717, 1.165) is 16.3 Å². The van der Waals surface area contributed by atoms with Gasteiger partial charge in [0.05, 0.1) is 0 Å². The molecule has 0 bridgehead atoms. The zero-order valence-electron chi connectivity index (χ0n) is 8.33. The fourth-order valence-corrected chi connectivity index (χ4v) is 2.15. The number of benzene rings is 2. The van der Waals surface area contributed by atoms with Crippen LogP contribution in [0.1, 0.15) is 5.56 Å². The minimum atomic E-state index is -1.17. The Hall–Kier alpha value is -1.41. The normalized spacial score (nSPS) is 18.7. The van der Waals surface area contributed by atoms with Crippen molar-refractivity contribution < 1.29 is 4.39 Å². The van der Waals surface area contributed by atoms with Crippen LogP contribution in [-0.4, -0.2) is 13.1 Å². The standard InChI is InChI=1S/C13H12FN/c14-13(8-15-9-13)12-7-3-5-10-4-1-2-6-11(10)12/h1-7,15H,8-9H2. The molecule has 76 valence electrons. The summed E-state index contributed by atoms with van der Waals surface area (Å²) < 4.78 is 14.3. The lowest BCUT2D eigenvalue weighted by Gasteiger charge is -2.36. The van der Waals surface area contributed by atoms with Gasteiger partial charge in [-0.2, -0.15) is 0 Å². The third-order valence-electron chi connectivity index (χ3n) is 3.08. The number of hydrogen-bond donors (Lipinski definition) is 1. The van der Waals surface area contributed by atoms with Crippen LogP contribution in [0, 0.1) is 0 Å². The highest BCUT2D eigenvalue weighted by Gasteiger charge is 2.39. The van der Waals surface area contributed by atoms with E-state index >= 15 is 0 Å². The first kappa shape index (κ1) is 8.86. The molecule has 0 saturated carbocycles. The van der Waals surface area contributed by atoms with Crippen LogP contribution >= 0.6 is 0 Å². The van der Waals surface area contributed by atoms with Gasteiger partial charge in [0.25, 0.3) is 0 Å². The van der Waals surface area contributed by atoms with Gasteiger partial charge >= 0.3 is 0 Å². The Labute approximate surface area is 87.9 Å². The molecule has 2 heteroatoms. The second-order valence-electron chi connectivity index (χ2n) is 4.10. The molecule has 0 aliphatic carbocycles. The molecule has 1 saturated heterocycles. The highest BCUT2D eigenvalue weighted by atomic mass is 19.1. The molecule has 0 spiro atoms. The molecule has 15 heavy (non-hydrogen) atoms. The highest BCUT2D eigenvalue weighted by molar-refractivity contribution is 5.86. The Balaban J connectivity index is 2.26. The number of halogens is 1. The summed E-state index contributed by atoms with van der Waals surface area (Å²) in [5, 5.41) is 5.13. The van der Waals surface area contributed by atoms with Crippen molar-refractivity contribution in [2.24, 2.45) is 0 Å². The maximum Gasteiger partial charge on any atom is 0.161 e. The van der Waals surface area contributed by atoms with Gasteiger partial charge in [-0.15, -0.1) is 0 Å². The molecular weight excluding hydrogens is 189 g/mol. The van der Waals surface area contributed by atoms with E-state index < -0.39 is 5.67 Å². The van der Waals surface area contributed by atoms with E-state index in [4.69, 9.17) is 0 Å². The van der Waals surface area contributed by atoms with Gasteiger partial charge in [-0.1, -0.05) is 42.5 Å². The fraction of sp³-hybridized carbons (Fsp3) is 0.231. The molecule has 2 aromatic carbocycles. The van der Waals surface area contributed by atoms with Crippen LogP contribution in [0.15, 0.2) is 42.5 Å². The van der Waals surface area contributed by atoms with Gasteiger partial charge in [0.1, 0.15) is 0 Å². The number of hydrogen-bond acceptors (Lipinski definition) is 1. The first-order valence-corrected chi connectivity index (χ1v) is 5.17. The van der Waals surface area contributed by atoms with E-state index in [1.54, 1.807) is 0 Å². The Morgan fingerprint density at radius 2 is 1.73 bits per heavy atom. The molecule has 1 fully saturated rings. The van der Waals surface area contributed by atoms with Gasteiger partial charge in [-0.05, 0) is 16.3 Å². The van der Waals surface area contributed by atoms with Gasteiger partial charge in [0, 0.05) is 13.1 Å². The predicted molar refractivity (Wildman–Crippen MR) is 59.6 cm³/mol. The molecule has 1 aliphatic rings. The first-order chi connectivity index (χ1) is 7.30. The van der Waals surface area contributed by atoms with Crippen molar-refractivity contribution in [1.29, 1.82) is 0 Å². The number of rotatable bonds is 1. The second-order valence-corrected chi connectivity index (χ2v) is 4.10. The van der Waals surface area contributed by atoms with E-state index in [0.29, 0.717) is 13.1 Å². The summed E-state index contributed by atoms with van der Waals surface area (Å²) >= 11 is 0. The number of fused-ring (bicyclic) bond motifs is 1. The van der Waals surface area contributed by atoms with Gasteiger partial charge in [-0.3, -0.25) is 0 Å². The number of nitrogens with one attached hydrogen (secondary N) is 1. The van der Waals surface area contributed by atoms with Crippen molar-refractivity contribution in [2.75, 3.05) is 13.1 Å². The van der Waals surface area contributed by atoms with Crippen LogP contribution in [0.25, 0.3) is 10.8 Å². The van der Waals surface area contributed by atoms with Crippen LogP contribution in [0.5, 0.6) is 0 Å². The van der Waals surface area contributed by atoms with Crippen molar-refractivity contribution in [2.45, 2.75) is 5.67 Å². The Morgan fingerprint density at radius 1 is 1.00 bits per heavy atom. The monoisotopic (exact) mass is 201 g/mol. The molecule has 0 atom stereocenters. The highest BCUT2D eigenvalue weighted by Crippen LogP contribution is 2.34. The van der Waals surface area contributed by atoms with E-state index in [2.05, 4.69) is 5.32 Å². The summed E-state index contributed by atoms with van der Waals surface area (Å²) in [5.41, 5.74) is -0.347. The molecule has 0 aromatic heterocycles. The summed E-state index contributed by atoms with van der Waals surface area (Å²) in [6, 6.07) is 13.8. The van der Waals surface area contributed by atoms with Crippen LogP contribution in [0.3, 0.4) is 0 Å². The third kappa shape index (κ3) is 1.25. The van der Waals surface area contributed by atoms with Crippen molar-refractivity contribution in [1.82, 2.24) is 5.32 Å². The minimum Gasteiger partial charge on any atom is -0.310 e. The Bertz CT molecular complexity index is 497. The lowest BCUT2D eigenvalue weighted by molar-refractivity contribution is 0.0909. The smallest absolute Gasteiger partial charge is 0.161 e. The Morgan fingerprint density at radius 3 is 2.47 bits per heavy atom. The summed E-state index contributed by atoms with van der Waals surface area (Å²) in [6.07, 6.45) is 0. The van der Waals surface area contributed by atoms with Crippen molar-refractivity contribution in [3.05, 3.63) is 48.0 Å². The van der Waals surface area contributed by atoms with Crippen molar-refractivity contribution in [3.63, 3.8) is 0 Å². The largest absolute Gasteiger partial charge is 0.310 e. The minimum absolute atomic E-state index is 0.432. The van der Waals surface area contributed by atoms with Crippen LogP contribution < -0.4 is 5.32 Å². The molecule has 1 heterocycles. The zero-order valence-corrected chi connectivity index (χ0v) is 8.33. The maximum absolute atomic E-state index is 14.3. The molecule has 1 N–H and O–H groups in total. The third-order valence-corrected chi connectivity index (χ3v) is 3.08. The summed E-state index contributed by atoms with van der Waals surface area (Å²) in [6.45, 7) is 0.863. The summed E-state index contributed by atoms with van der Waals surface area (Å²) in [5.74, 6) is 0. The average molecular weight is 201 g/mol. The van der Waals surface area contributed by atoms with Gasteiger partial charge in [-0.25, -0.2) is 4.39 Å². The SMILES string of the molecule is FC1(c2cccc3ccccc23)CNC1. The lowest BCUT2D eigenvalue weighted by atomic mass is 9.86. The fourth-order valence-electron chi connectivity index (χ4n) is 2.15. The molecule has 2 aromatic rings. The molecule has 0 radical (unpaired) electrons. The van der Waals surface area contributed by atoms with Crippen molar-refractivity contribution >= 4 is 10.8 Å². The summed E-state index contributed by atoms with van der Waals surface area (Å²) in [4.78, 5) is 0. The molecule has 3 rings (SSSR count). The first-order valence-electron chi connectivity index (χ1n) is 5.17. The predicted octanol–water partition coefficient (Wildman–Crippen LogP) is 2.61. The summed E-state index contributed by atoms with van der Waals surface area (Å²) in [7, 11) is 0. The van der Waals surface area contributed by atoms with Gasteiger partial charge < -0.3 is 5.32 Å². The van der Waals surface area contributed by atoms with E-state index in [9.17, 15) is 4.39 Å². The maximum atomic E-state index is 14.3. The lowest BCUT2D eigenvalue weighted by Crippen LogP contribution is -2.53. The van der Waals surface area contributed by atoms with E-state index in [-0.39, 0.29) is 0 Å². The Kier molecular flexibility index (Phi) is 1.80. The number of alkyl halides is 1. The zero-order chi connectivity index (χ0) is 10.3. The quantitative estimate of drug-likeness (QED) is 0.747. The average Bonchev–Trinajstić information content (AvgIpc) is 2.25.